The van der Waals surface area contributed by atoms with E-state index in [0.717, 1.165) is 5.56 Å². The number of hydrogen-bond acceptors (Lipinski definition) is 5. The van der Waals surface area contributed by atoms with Gasteiger partial charge >= 0.3 is 5.97 Å². The van der Waals surface area contributed by atoms with E-state index in [4.69, 9.17) is 32.7 Å². The molecule has 3 rings (SSSR count). The standard InChI is InChI=1S/C23H18Cl2N2O4/c1-15-11-17(9-10-20(15)24)30-14-22(28)27-26-13-16-5-4-6-18(12-16)31-23(29)19-7-2-3-8-21(19)25/h2-13H,14H2,1H3,(H,27,28)/b26-13+. The maximum absolute atomic E-state index is 12.3. The van der Waals surface area contributed by atoms with Crippen LogP contribution in [0.2, 0.25) is 10.0 Å². The quantitative estimate of drug-likeness (QED) is 0.233. The van der Waals surface area contributed by atoms with Crippen LogP contribution in [-0.4, -0.2) is 24.7 Å². The van der Waals surface area contributed by atoms with Gasteiger partial charge in [-0.15, -0.1) is 0 Å². The van der Waals surface area contributed by atoms with Crippen molar-refractivity contribution in [3.8, 4) is 11.5 Å². The minimum Gasteiger partial charge on any atom is -0.484 e. The van der Waals surface area contributed by atoms with E-state index in [9.17, 15) is 9.59 Å². The molecule has 0 heterocycles. The third-order valence-electron chi connectivity index (χ3n) is 4.06. The number of carbonyl (C=O) groups is 2. The molecule has 0 bridgehead atoms. The number of amides is 1. The SMILES string of the molecule is Cc1cc(OCC(=O)N/N=C/c2cccc(OC(=O)c3ccccc3Cl)c2)ccc1Cl. The molecular formula is C23H18Cl2N2O4. The summed E-state index contributed by atoms with van der Waals surface area (Å²) in [5, 5.41) is 4.83. The Labute approximate surface area is 189 Å². The van der Waals surface area contributed by atoms with Crippen molar-refractivity contribution in [2.24, 2.45) is 5.10 Å². The van der Waals surface area contributed by atoms with Crippen molar-refractivity contribution in [2.45, 2.75) is 6.92 Å². The van der Waals surface area contributed by atoms with Gasteiger partial charge in [-0.25, -0.2) is 10.2 Å². The Morgan fingerprint density at radius 1 is 0.968 bits per heavy atom. The average molecular weight is 457 g/mol. The predicted molar refractivity (Wildman–Crippen MR) is 120 cm³/mol. The molecule has 0 saturated heterocycles. The molecule has 3 aromatic rings. The van der Waals surface area contributed by atoms with E-state index >= 15 is 0 Å². The van der Waals surface area contributed by atoms with Gasteiger partial charge in [-0.2, -0.15) is 5.10 Å². The van der Waals surface area contributed by atoms with Crippen LogP contribution in [0.15, 0.2) is 71.8 Å². The van der Waals surface area contributed by atoms with E-state index in [1.807, 2.05) is 6.92 Å². The lowest BCUT2D eigenvalue weighted by atomic mass is 10.2. The molecule has 1 amide bonds. The molecule has 6 nitrogen and oxygen atoms in total. The Bertz CT molecular complexity index is 1130. The summed E-state index contributed by atoms with van der Waals surface area (Å²) < 4.78 is 10.8. The summed E-state index contributed by atoms with van der Waals surface area (Å²) in [5.41, 5.74) is 4.12. The summed E-state index contributed by atoms with van der Waals surface area (Å²) in [5.74, 6) is -0.136. The highest BCUT2D eigenvalue weighted by Crippen LogP contribution is 2.21. The highest BCUT2D eigenvalue weighted by molar-refractivity contribution is 6.33. The van der Waals surface area contributed by atoms with Gasteiger partial charge in [-0.05, 0) is 60.5 Å². The molecule has 31 heavy (non-hydrogen) atoms. The molecule has 0 aromatic heterocycles. The number of benzene rings is 3. The number of nitrogens with one attached hydrogen (secondary N) is 1. The van der Waals surface area contributed by atoms with E-state index in [1.54, 1.807) is 66.7 Å². The second-order valence-corrected chi connectivity index (χ2v) is 7.25. The maximum atomic E-state index is 12.3. The Hall–Kier alpha value is -3.35. The largest absolute Gasteiger partial charge is 0.484 e. The maximum Gasteiger partial charge on any atom is 0.345 e. The molecule has 0 aliphatic carbocycles. The van der Waals surface area contributed by atoms with E-state index in [0.29, 0.717) is 27.1 Å². The fraction of sp³-hybridized carbons (Fsp3) is 0.0870. The highest BCUT2D eigenvalue weighted by Gasteiger charge is 2.12. The molecule has 158 valence electrons. The molecule has 1 N–H and O–H groups in total. The van der Waals surface area contributed by atoms with Crippen LogP contribution in [0.1, 0.15) is 21.5 Å². The van der Waals surface area contributed by atoms with E-state index in [-0.39, 0.29) is 12.2 Å². The number of carbonyl (C=O) groups excluding carboxylic acids is 2. The smallest absolute Gasteiger partial charge is 0.345 e. The zero-order valence-electron chi connectivity index (χ0n) is 16.5. The fourth-order valence-electron chi connectivity index (χ4n) is 2.51. The third kappa shape index (κ3) is 6.57. The van der Waals surface area contributed by atoms with Crippen molar-refractivity contribution < 1.29 is 19.1 Å². The van der Waals surface area contributed by atoms with Gasteiger partial charge in [-0.3, -0.25) is 4.79 Å². The van der Waals surface area contributed by atoms with Gasteiger partial charge in [0.2, 0.25) is 0 Å². The summed E-state index contributed by atoms with van der Waals surface area (Å²) in [6, 6.07) is 18.4. The first-order valence-corrected chi connectivity index (χ1v) is 9.95. The molecule has 0 unspecified atom stereocenters. The van der Waals surface area contributed by atoms with Gasteiger partial charge in [0.05, 0.1) is 16.8 Å². The highest BCUT2D eigenvalue weighted by atomic mass is 35.5. The number of rotatable bonds is 7. The Balaban J connectivity index is 1.53. The van der Waals surface area contributed by atoms with Gasteiger partial charge in [0, 0.05) is 5.02 Å². The third-order valence-corrected chi connectivity index (χ3v) is 4.82. The monoisotopic (exact) mass is 456 g/mol. The normalized spacial score (nSPS) is 10.7. The first-order valence-electron chi connectivity index (χ1n) is 9.20. The molecule has 3 aromatic carbocycles. The number of hydrazone groups is 1. The first kappa shape index (κ1) is 22.3. The van der Waals surface area contributed by atoms with Crippen molar-refractivity contribution in [1.82, 2.24) is 5.43 Å². The van der Waals surface area contributed by atoms with Crippen LogP contribution in [0, 0.1) is 6.92 Å². The number of ether oxygens (including phenoxy) is 2. The predicted octanol–water partition coefficient (Wildman–Crippen LogP) is 5.05. The summed E-state index contributed by atoms with van der Waals surface area (Å²) in [4.78, 5) is 24.2. The van der Waals surface area contributed by atoms with Gasteiger partial charge in [0.15, 0.2) is 6.61 Å². The van der Waals surface area contributed by atoms with Crippen LogP contribution >= 0.6 is 23.2 Å². The van der Waals surface area contributed by atoms with Crippen LogP contribution < -0.4 is 14.9 Å². The summed E-state index contributed by atoms with van der Waals surface area (Å²) in [6.45, 7) is 1.65. The lowest BCUT2D eigenvalue weighted by Gasteiger charge is -2.07. The van der Waals surface area contributed by atoms with Crippen molar-refractivity contribution in [2.75, 3.05) is 6.61 Å². The topological polar surface area (TPSA) is 77.0 Å². The summed E-state index contributed by atoms with van der Waals surface area (Å²) in [7, 11) is 0. The lowest BCUT2D eigenvalue weighted by molar-refractivity contribution is -0.123. The molecule has 0 saturated carbocycles. The van der Waals surface area contributed by atoms with E-state index < -0.39 is 11.9 Å². The van der Waals surface area contributed by atoms with Gasteiger partial charge in [0.25, 0.3) is 5.91 Å². The first-order chi connectivity index (χ1) is 14.9. The van der Waals surface area contributed by atoms with Crippen LogP contribution in [0.3, 0.4) is 0 Å². The molecule has 0 fully saturated rings. The second kappa shape index (κ2) is 10.6. The Kier molecular flexibility index (Phi) is 7.65. The van der Waals surface area contributed by atoms with Gasteiger partial charge in [-0.1, -0.05) is 47.5 Å². The summed E-state index contributed by atoms with van der Waals surface area (Å²) >= 11 is 12.0. The number of esters is 1. The van der Waals surface area contributed by atoms with E-state index in [2.05, 4.69) is 10.5 Å². The van der Waals surface area contributed by atoms with Gasteiger partial charge < -0.3 is 9.47 Å². The molecule has 0 atom stereocenters. The Morgan fingerprint density at radius 2 is 1.77 bits per heavy atom. The summed E-state index contributed by atoms with van der Waals surface area (Å²) in [6.07, 6.45) is 1.43. The zero-order valence-corrected chi connectivity index (χ0v) is 18.0. The molecule has 0 aliphatic rings. The lowest BCUT2D eigenvalue weighted by Crippen LogP contribution is -2.24. The van der Waals surface area contributed by atoms with Crippen molar-refractivity contribution in [3.05, 3.63) is 93.5 Å². The zero-order chi connectivity index (χ0) is 22.2. The minimum absolute atomic E-state index is 0.200. The molecule has 8 heteroatoms. The van der Waals surface area contributed by atoms with Crippen molar-refractivity contribution >= 4 is 41.3 Å². The number of nitrogens with zero attached hydrogens (tertiary/aromatic N) is 1. The van der Waals surface area contributed by atoms with Crippen LogP contribution in [0.25, 0.3) is 0 Å². The molecule has 0 spiro atoms. The number of hydrogen-bond donors (Lipinski definition) is 1. The van der Waals surface area contributed by atoms with Crippen LogP contribution in [0.5, 0.6) is 11.5 Å². The van der Waals surface area contributed by atoms with Crippen molar-refractivity contribution in [1.29, 1.82) is 0 Å². The van der Waals surface area contributed by atoms with E-state index in [1.165, 1.54) is 6.21 Å². The second-order valence-electron chi connectivity index (χ2n) is 6.43. The Morgan fingerprint density at radius 3 is 2.55 bits per heavy atom. The van der Waals surface area contributed by atoms with Crippen LogP contribution in [0.4, 0.5) is 0 Å². The number of halogens is 2. The average Bonchev–Trinajstić information content (AvgIpc) is 2.75. The van der Waals surface area contributed by atoms with Gasteiger partial charge in [0.1, 0.15) is 11.5 Å². The van der Waals surface area contributed by atoms with Crippen LogP contribution in [-0.2, 0) is 4.79 Å². The molecular weight excluding hydrogens is 439 g/mol. The molecule has 0 aliphatic heterocycles. The fourth-order valence-corrected chi connectivity index (χ4v) is 2.84. The minimum atomic E-state index is -0.567. The number of aryl methyl sites for hydroxylation is 1. The molecule has 0 radical (unpaired) electrons. The van der Waals surface area contributed by atoms with Crippen molar-refractivity contribution in [3.63, 3.8) is 0 Å².